The number of carbonyl (C=O) groups is 2. The molecule has 1 aromatic rings. The van der Waals surface area contributed by atoms with Crippen LogP contribution in [0.5, 0.6) is 11.5 Å². The molecule has 0 aliphatic carbocycles. The predicted molar refractivity (Wildman–Crippen MR) is 66.5 cm³/mol. The van der Waals surface area contributed by atoms with E-state index in [2.05, 4.69) is 15.9 Å². The Hall–Kier alpha value is -1.56. The van der Waals surface area contributed by atoms with Gasteiger partial charge in [-0.25, -0.2) is 4.79 Å². The number of halogens is 1. The van der Waals surface area contributed by atoms with Gasteiger partial charge in [0.05, 0.1) is 5.56 Å². The van der Waals surface area contributed by atoms with Gasteiger partial charge in [0.1, 0.15) is 13.2 Å². The van der Waals surface area contributed by atoms with Crippen molar-refractivity contribution in [2.45, 2.75) is 13.3 Å². The van der Waals surface area contributed by atoms with E-state index in [9.17, 15) is 9.59 Å². The van der Waals surface area contributed by atoms with Crippen LogP contribution in [-0.4, -0.2) is 30.1 Å². The van der Waals surface area contributed by atoms with Gasteiger partial charge in [-0.1, -0.05) is 6.92 Å². The topological polar surface area (TPSA) is 72.8 Å². The molecule has 0 spiro atoms. The molecule has 0 saturated carbocycles. The van der Waals surface area contributed by atoms with E-state index in [1.807, 2.05) is 6.92 Å². The highest BCUT2D eigenvalue weighted by Gasteiger charge is 2.27. The molecule has 1 aliphatic rings. The highest BCUT2D eigenvalue weighted by molar-refractivity contribution is 9.10. The first-order valence-corrected chi connectivity index (χ1v) is 6.24. The Morgan fingerprint density at radius 1 is 1.39 bits per heavy atom. The molecule has 0 fully saturated rings. The zero-order valence-corrected chi connectivity index (χ0v) is 11.2. The molecule has 1 aliphatic heterocycles. The van der Waals surface area contributed by atoms with Crippen LogP contribution >= 0.6 is 15.9 Å². The number of hydrogen-bond acceptors (Lipinski definition) is 4. The molecule has 5 nitrogen and oxygen atoms in total. The Bertz CT molecular complexity index is 524. The van der Waals surface area contributed by atoms with Gasteiger partial charge in [0, 0.05) is 10.0 Å². The van der Waals surface area contributed by atoms with E-state index in [0.717, 1.165) is 0 Å². The molecular formula is C12H11BrO5. The zero-order valence-electron chi connectivity index (χ0n) is 9.66. The number of carboxylic acid groups (broad SMARTS) is 1. The first-order chi connectivity index (χ1) is 8.56. The number of benzene rings is 1. The van der Waals surface area contributed by atoms with E-state index in [1.54, 1.807) is 6.07 Å². The van der Waals surface area contributed by atoms with Gasteiger partial charge >= 0.3 is 5.97 Å². The van der Waals surface area contributed by atoms with Crippen LogP contribution in [0.3, 0.4) is 0 Å². The molecule has 0 bridgehead atoms. The second-order valence-corrected chi connectivity index (χ2v) is 4.58. The molecule has 6 heteroatoms. The number of ketones is 1. The number of Topliss-reactive ketones (excluding diaryl/α,β-unsaturated/α-hetero) is 1. The Balaban J connectivity index is 2.65. The van der Waals surface area contributed by atoms with E-state index < -0.39 is 11.8 Å². The number of rotatable bonds is 3. The lowest BCUT2D eigenvalue weighted by molar-refractivity contribution is -0.131. The Labute approximate surface area is 112 Å². The minimum absolute atomic E-state index is 0.134. The fraction of sp³-hybridized carbons (Fsp3) is 0.333. The first-order valence-electron chi connectivity index (χ1n) is 5.44. The number of carboxylic acids is 1. The highest BCUT2D eigenvalue weighted by atomic mass is 79.9. The quantitative estimate of drug-likeness (QED) is 0.683. The maximum atomic E-state index is 11.7. The molecule has 1 heterocycles. The molecule has 0 radical (unpaired) electrons. The number of hydrogen-bond donors (Lipinski definition) is 1. The monoisotopic (exact) mass is 314 g/mol. The third-order valence-electron chi connectivity index (χ3n) is 2.66. The number of aliphatic carboxylic acids is 1. The Morgan fingerprint density at radius 3 is 2.67 bits per heavy atom. The van der Waals surface area contributed by atoms with Crippen LogP contribution in [-0.2, 0) is 11.2 Å². The van der Waals surface area contributed by atoms with Crippen molar-refractivity contribution in [3.8, 4) is 11.5 Å². The smallest absolute Gasteiger partial charge is 0.377 e. The van der Waals surface area contributed by atoms with Gasteiger partial charge < -0.3 is 14.6 Å². The third kappa shape index (κ3) is 2.08. The van der Waals surface area contributed by atoms with Gasteiger partial charge in [0.2, 0.25) is 0 Å². The van der Waals surface area contributed by atoms with Crippen LogP contribution in [0.4, 0.5) is 0 Å². The number of fused-ring (bicyclic) bond motifs is 1. The Morgan fingerprint density at radius 2 is 2.06 bits per heavy atom. The van der Waals surface area contributed by atoms with Crippen LogP contribution < -0.4 is 9.47 Å². The largest absolute Gasteiger partial charge is 0.486 e. The normalized spacial score (nSPS) is 13.2. The summed E-state index contributed by atoms with van der Waals surface area (Å²) in [4.78, 5) is 22.6. The molecule has 96 valence electrons. The van der Waals surface area contributed by atoms with Crippen molar-refractivity contribution in [1.29, 1.82) is 0 Å². The molecular weight excluding hydrogens is 304 g/mol. The van der Waals surface area contributed by atoms with Gasteiger partial charge in [-0.3, -0.25) is 4.79 Å². The van der Waals surface area contributed by atoms with Crippen LogP contribution in [0.2, 0.25) is 0 Å². The molecule has 0 aromatic heterocycles. The average molecular weight is 315 g/mol. The lowest BCUT2D eigenvalue weighted by Crippen LogP contribution is -2.21. The lowest BCUT2D eigenvalue weighted by atomic mass is 9.99. The lowest BCUT2D eigenvalue weighted by Gasteiger charge is -2.23. The third-order valence-corrected chi connectivity index (χ3v) is 3.28. The molecule has 18 heavy (non-hydrogen) atoms. The van der Waals surface area contributed by atoms with Gasteiger partial charge in [-0.15, -0.1) is 0 Å². The molecule has 1 aromatic carbocycles. The zero-order chi connectivity index (χ0) is 13.3. The maximum Gasteiger partial charge on any atom is 0.377 e. The molecule has 1 N–H and O–H groups in total. The number of ether oxygens (including phenoxy) is 2. The summed E-state index contributed by atoms with van der Waals surface area (Å²) in [6.45, 7) is 2.66. The molecule has 0 saturated heterocycles. The highest BCUT2D eigenvalue weighted by Crippen LogP contribution is 2.40. The summed E-state index contributed by atoms with van der Waals surface area (Å²) in [6.07, 6.45) is 0.486. The van der Waals surface area contributed by atoms with Gasteiger partial charge in [0.25, 0.3) is 5.78 Å². The van der Waals surface area contributed by atoms with E-state index in [1.165, 1.54) is 0 Å². The van der Waals surface area contributed by atoms with Crippen LogP contribution in [0.1, 0.15) is 22.8 Å². The van der Waals surface area contributed by atoms with E-state index in [0.29, 0.717) is 41.2 Å². The maximum absolute atomic E-state index is 11.7. The first kappa shape index (κ1) is 12.9. The molecule has 0 unspecified atom stereocenters. The fourth-order valence-electron chi connectivity index (χ4n) is 1.91. The van der Waals surface area contributed by atoms with Gasteiger partial charge in [0.15, 0.2) is 11.5 Å². The standard InChI is InChI=1S/C12H11BrO5/c1-2-6-9(10(14)12(15)16)7(13)5-8-11(6)18-4-3-17-8/h5H,2-4H2,1H3,(H,15,16). The predicted octanol–water partition coefficient (Wildman–Crippen LogP) is 2.05. The summed E-state index contributed by atoms with van der Waals surface area (Å²) in [6, 6.07) is 1.57. The average Bonchev–Trinajstić information content (AvgIpc) is 2.36. The minimum Gasteiger partial charge on any atom is -0.486 e. The second-order valence-electron chi connectivity index (χ2n) is 3.72. The van der Waals surface area contributed by atoms with Crippen LogP contribution in [0.15, 0.2) is 10.5 Å². The summed E-state index contributed by atoms with van der Waals surface area (Å²) >= 11 is 3.22. The molecule has 0 amide bonds. The van der Waals surface area contributed by atoms with Crippen molar-refractivity contribution in [2.75, 3.05) is 13.2 Å². The fourth-order valence-corrected chi connectivity index (χ4v) is 2.54. The second kappa shape index (κ2) is 4.97. The van der Waals surface area contributed by atoms with Crippen LogP contribution in [0.25, 0.3) is 0 Å². The SMILES string of the molecule is CCc1c2c(cc(Br)c1C(=O)C(=O)O)OCCO2. The molecule has 2 rings (SSSR count). The van der Waals surface area contributed by atoms with Crippen molar-refractivity contribution < 1.29 is 24.2 Å². The summed E-state index contributed by atoms with van der Waals surface area (Å²) < 4.78 is 11.3. The van der Waals surface area contributed by atoms with Crippen molar-refractivity contribution in [3.05, 3.63) is 21.7 Å². The summed E-state index contributed by atoms with van der Waals surface area (Å²) in [5.74, 6) is -1.43. The van der Waals surface area contributed by atoms with E-state index in [-0.39, 0.29) is 5.56 Å². The van der Waals surface area contributed by atoms with Gasteiger partial charge in [-0.05, 0) is 28.4 Å². The van der Waals surface area contributed by atoms with E-state index >= 15 is 0 Å². The summed E-state index contributed by atoms with van der Waals surface area (Å²) in [7, 11) is 0. The van der Waals surface area contributed by atoms with Crippen molar-refractivity contribution in [2.24, 2.45) is 0 Å². The van der Waals surface area contributed by atoms with E-state index in [4.69, 9.17) is 14.6 Å². The van der Waals surface area contributed by atoms with Crippen molar-refractivity contribution >= 4 is 27.7 Å². The minimum atomic E-state index is -1.48. The van der Waals surface area contributed by atoms with Crippen molar-refractivity contribution in [1.82, 2.24) is 0 Å². The Kier molecular flexibility index (Phi) is 3.56. The summed E-state index contributed by atoms with van der Waals surface area (Å²) in [5.41, 5.74) is 0.695. The van der Waals surface area contributed by atoms with Crippen molar-refractivity contribution in [3.63, 3.8) is 0 Å². The van der Waals surface area contributed by atoms with Gasteiger partial charge in [-0.2, -0.15) is 0 Å². The summed E-state index contributed by atoms with van der Waals surface area (Å²) in [5, 5.41) is 8.84. The molecule has 0 atom stereocenters. The number of carbonyl (C=O) groups excluding carboxylic acids is 1. The van der Waals surface area contributed by atoms with Crippen LogP contribution in [0, 0.1) is 0 Å².